The van der Waals surface area contributed by atoms with E-state index in [1.165, 1.54) is 0 Å². The lowest BCUT2D eigenvalue weighted by Gasteiger charge is -2.11. The molecule has 2 aromatic carbocycles. The van der Waals surface area contributed by atoms with Crippen LogP contribution in [0.15, 0.2) is 54.6 Å². The maximum absolute atomic E-state index is 11.5. The van der Waals surface area contributed by atoms with Gasteiger partial charge >= 0.3 is 0 Å². The van der Waals surface area contributed by atoms with Gasteiger partial charge in [-0.2, -0.15) is 0 Å². The van der Waals surface area contributed by atoms with Crippen LogP contribution in [0.1, 0.15) is 18.6 Å². The molecule has 0 fully saturated rings. The summed E-state index contributed by atoms with van der Waals surface area (Å²) >= 11 is 0. The molecule has 0 saturated carbocycles. The van der Waals surface area contributed by atoms with Crippen molar-refractivity contribution in [3.05, 3.63) is 60.2 Å². The van der Waals surface area contributed by atoms with Crippen molar-refractivity contribution in [3.8, 4) is 11.1 Å². The molecule has 0 aliphatic rings. The highest BCUT2D eigenvalue weighted by atomic mass is 32.2. The van der Waals surface area contributed by atoms with Crippen molar-refractivity contribution in [2.45, 2.75) is 13.0 Å². The molecule has 0 aliphatic heterocycles. The highest BCUT2D eigenvalue weighted by Gasteiger charge is 2.16. The normalized spacial score (nSPS) is 13.1. The predicted molar refractivity (Wildman–Crippen MR) is 81.2 cm³/mol. The van der Waals surface area contributed by atoms with Gasteiger partial charge in [-0.15, -0.1) is 0 Å². The summed E-state index contributed by atoms with van der Waals surface area (Å²) in [5, 5.41) is 9.97. The Morgan fingerprint density at radius 3 is 2.05 bits per heavy atom. The molecule has 0 spiro atoms. The maximum atomic E-state index is 11.5. The summed E-state index contributed by atoms with van der Waals surface area (Å²) in [4.78, 5) is 0. The van der Waals surface area contributed by atoms with Crippen LogP contribution < -0.4 is 0 Å². The Morgan fingerprint density at radius 1 is 0.950 bits per heavy atom. The third kappa shape index (κ3) is 3.68. The summed E-state index contributed by atoms with van der Waals surface area (Å²) in [5.74, 6) is -0.180. The molecular weight excluding hydrogens is 272 g/mol. The Labute approximate surface area is 119 Å². The quantitative estimate of drug-likeness (QED) is 0.921. The highest BCUT2D eigenvalue weighted by molar-refractivity contribution is 7.91. The van der Waals surface area contributed by atoms with E-state index < -0.39 is 15.9 Å². The second-order valence-corrected chi connectivity index (χ2v) is 7.10. The molecule has 4 heteroatoms. The van der Waals surface area contributed by atoms with E-state index in [4.69, 9.17) is 0 Å². The van der Waals surface area contributed by atoms with Crippen LogP contribution in [0.3, 0.4) is 0 Å². The van der Waals surface area contributed by atoms with Crippen LogP contribution in [0.4, 0.5) is 0 Å². The van der Waals surface area contributed by atoms with Gasteiger partial charge in [0.2, 0.25) is 0 Å². The van der Waals surface area contributed by atoms with Gasteiger partial charge in [-0.05, 0) is 16.7 Å². The first kappa shape index (κ1) is 14.8. The SMILES string of the molecule is CCS(=O)(=O)C[C@H](O)c1ccc(-c2ccccc2)cc1. The maximum Gasteiger partial charge on any atom is 0.152 e. The summed E-state index contributed by atoms with van der Waals surface area (Å²) in [6.45, 7) is 1.58. The topological polar surface area (TPSA) is 54.4 Å². The van der Waals surface area contributed by atoms with Gasteiger partial charge in [0.25, 0.3) is 0 Å². The zero-order valence-corrected chi connectivity index (χ0v) is 12.2. The lowest BCUT2D eigenvalue weighted by molar-refractivity contribution is 0.201. The van der Waals surface area contributed by atoms with Crippen molar-refractivity contribution in [2.75, 3.05) is 11.5 Å². The van der Waals surface area contributed by atoms with Gasteiger partial charge in [0.15, 0.2) is 9.84 Å². The molecule has 3 nitrogen and oxygen atoms in total. The lowest BCUT2D eigenvalue weighted by atomic mass is 10.0. The minimum atomic E-state index is -3.18. The number of hydrogen-bond acceptors (Lipinski definition) is 3. The van der Waals surface area contributed by atoms with Crippen LogP contribution in [0.2, 0.25) is 0 Å². The Kier molecular flexibility index (Phi) is 4.57. The fourth-order valence-electron chi connectivity index (χ4n) is 1.98. The van der Waals surface area contributed by atoms with Crippen LogP contribution in [0, 0.1) is 0 Å². The Morgan fingerprint density at radius 2 is 1.50 bits per heavy atom. The number of sulfone groups is 1. The van der Waals surface area contributed by atoms with E-state index in [0.717, 1.165) is 11.1 Å². The minimum Gasteiger partial charge on any atom is -0.387 e. The van der Waals surface area contributed by atoms with Gasteiger partial charge in [-0.1, -0.05) is 61.5 Å². The molecule has 0 aromatic heterocycles. The standard InChI is InChI=1S/C16H18O3S/c1-2-20(18,19)12-16(17)15-10-8-14(9-11-15)13-6-4-3-5-7-13/h3-11,16-17H,2,12H2,1H3/t16-/m0/s1. The average molecular weight is 290 g/mol. The minimum absolute atomic E-state index is 0.0478. The van der Waals surface area contributed by atoms with Crippen molar-refractivity contribution < 1.29 is 13.5 Å². The van der Waals surface area contributed by atoms with Crippen molar-refractivity contribution >= 4 is 9.84 Å². The summed E-state index contributed by atoms with van der Waals surface area (Å²) < 4.78 is 23.0. The highest BCUT2D eigenvalue weighted by Crippen LogP contribution is 2.22. The fourth-order valence-corrected chi connectivity index (χ4v) is 2.89. The van der Waals surface area contributed by atoms with Gasteiger partial charge in [0.1, 0.15) is 0 Å². The van der Waals surface area contributed by atoms with Crippen molar-refractivity contribution in [1.82, 2.24) is 0 Å². The summed E-state index contributed by atoms with van der Waals surface area (Å²) in [6, 6.07) is 17.2. The van der Waals surface area contributed by atoms with E-state index in [1.807, 2.05) is 42.5 Å². The lowest BCUT2D eigenvalue weighted by Crippen LogP contribution is -2.16. The molecule has 0 heterocycles. The van der Waals surface area contributed by atoms with Crippen molar-refractivity contribution in [2.24, 2.45) is 0 Å². The summed E-state index contributed by atoms with van der Waals surface area (Å²) in [6.07, 6.45) is -0.968. The van der Waals surface area contributed by atoms with Crippen LogP contribution in [-0.4, -0.2) is 25.0 Å². The smallest absolute Gasteiger partial charge is 0.152 e. The van der Waals surface area contributed by atoms with E-state index >= 15 is 0 Å². The fraction of sp³-hybridized carbons (Fsp3) is 0.250. The monoisotopic (exact) mass is 290 g/mol. The summed E-state index contributed by atoms with van der Waals surface area (Å²) in [5.41, 5.74) is 2.76. The van der Waals surface area contributed by atoms with Gasteiger partial charge in [0, 0.05) is 5.75 Å². The predicted octanol–water partition coefficient (Wildman–Crippen LogP) is 2.82. The zero-order valence-electron chi connectivity index (χ0n) is 11.4. The van der Waals surface area contributed by atoms with Crippen LogP contribution >= 0.6 is 0 Å². The van der Waals surface area contributed by atoms with Crippen molar-refractivity contribution in [1.29, 1.82) is 0 Å². The van der Waals surface area contributed by atoms with Crippen LogP contribution in [0.25, 0.3) is 11.1 Å². The largest absolute Gasteiger partial charge is 0.387 e. The molecule has 0 amide bonds. The first-order valence-electron chi connectivity index (χ1n) is 6.55. The Hall–Kier alpha value is -1.65. The summed E-state index contributed by atoms with van der Waals surface area (Å²) in [7, 11) is -3.18. The third-order valence-electron chi connectivity index (χ3n) is 3.25. The third-order valence-corrected chi connectivity index (χ3v) is 4.96. The second kappa shape index (κ2) is 6.20. The first-order chi connectivity index (χ1) is 9.52. The Balaban J connectivity index is 2.16. The number of aliphatic hydroxyl groups excluding tert-OH is 1. The van der Waals surface area contributed by atoms with Gasteiger partial charge in [0.05, 0.1) is 11.9 Å². The molecule has 1 atom stereocenters. The zero-order chi connectivity index (χ0) is 14.6. The van der Waals surface area contributed by atoms with Crippen LogP contribution in [-0.2, 0) is 9.84 Å². The number of benzene rings is 2. The molecule has 0 unspecified atom stereocenters. The van der Waals surface area contributed by atoms with E-state index in [2.05, 4.69) is 0 Å². The van der Waals surface area contributed by atoms with E-state index in [9.17, 15) is 13.5 Å². The average Bonchev–Trinajstić information content (AvgIpc) is 2.48. The number of hydrogen-bond donors (Lipinski definition) is 1. The molecule has 106 valence electrons. The Bertz CT molecular complexity index is 646. The first-order valence-corrected chi connectivity index (χ1v) is 8.38. The molecule has 2 rings (SSSR count). The molecule has 0 bridgehead atoms. The second-order valence-electron chi connectivity index (χ2n) is 4.70. The molecule has 20 heavy (non-hydrogen) atoms. The molecule has 0 saturated heterocycles. The molecule has 2 aromatic rings. The van der Waals surface area contributed by atoms with Crippen molar-refractivity contribution in [3.63, 3.8) is 0 Å². The molecule has 1 N–H and O–H groups in total. The molecular formula is C16H18O3S. The van der Waals surface area contributed by atoms with Gasteiger partial charge in [-0.3, -0.25) is 0 Å². The van der Waals surface area contributed by atoms with Gasteiger partial charge in [-0.25, -0.2) is 8.42 Å². The molecule has 0 aliphatic carbocycles. The number of rotatable bonds is 5. The molecule has 0 radical (unpaired) electrons. The number of aliphatic hydroxyl groups is 1. The van der Waals surface area contributed by atoms with E-state index in [0.29, 0.717) is 5.56 Å². The van der Waals surface area contributed by atoms with E-state index in [-0.39, 0.29) is 11.5 Å². The van der Waals surface area contributed by atoms with Crippen LogP contribution in [0.5, 0.6) is 0 Å². The van der Waals surface area contributed by atoms with Gasteiger partial charge < -0.3 is 5.11 Å². The van der Waals surface area contributed by atoms with E-state index in [1.54, 1.807) is 19.1 Å².